The summed E-state index contributed by atoms with van der Waals surface area (Å²) < 4.78 is 0.932. The third kappa shape index (κ3) is 4.86. The molecule has 0 aliphatic carbocycles. The molecule has 1 heterocycles. The predicted octanol–water partition coefficient (Wildman–Crippen LogP) is 4.06. The predicted molar refractivity (Wildman–Crippen MR) is 90.7 cm³/mol. The van der Waals surface area contributed by atoms with Gasteiger partial charge in [-0.3, -0.25) is 4.79 Å². The zero-order chi connectivity index (χ0) is 15.2. The van der Waals surface area contributed by atoms with Crippen LogP contribution >= 0.6 is 23.1 Å². The van der Waals surface area contributed by atoms with Crippen molar-refractivity contribution in [3.05, 3.63) is 35.7 Å². The van der Waals surface area contributed by atoms with Gasteiger partial charge in [-0.25, -0.2) is 4.98 Å². The van der Waals surface area contributed by atoms with E-state index in [0.29, 0.717) is 5.92 Å². The molecule has 1 N–H and O–H groups in total. The van der Waals surface area contributed by atoms with E-state index in [-0.39, 0.29) is 11.2 Å². The van der Waals surface area contributed by atoms with Crippen LogP contribution in [0.5, 0.6) is 0 Å². The molecule has 0 saturated heterocycles. The Hall–Kier alpha value is -1.33. The molecule has 21 heavy (non-hydrogen) atoms. The van der Waals surface area contributed by atoms with Gasteiger partial charge in [0.1, 0.15) is 0 Å². The number of benzene rings is 1. The Morgan fingerprint density at radius 1 is 1.29 bits per heavy atom. The molecule has 0 radical (unpaired) electrons. The van der Waals surface area contributed by atoms with Gasteiger partial charge in [0.25, 0.3) is 0 Å². The van der Waals surface area contributed by atoms with Crippen molar-refractivity contribution in [2.24, 2.45) is 5.92 Å². The van der Waals surface area contributed by atoms with Crippen molar-refractivity contribution in [3.8, 4) is 11.3 Å². The smallest absolute Gasteiger partial charge is 0.233 e. The number of carbonyl (C=O) groups excluding carboxylic acids is 1. The fourth-order valence-electron chi connectivity index (χ4n) is 1.71. The summed E-state index contributed by atoms with van der Waals surface area (Å²) in [5.41, 5.74) is 2.08. The van der Waals surface area contributed by atoms with Gasteiger partial charge >= 0.3 is 0 Å². The van der Waals surface area contributed by atoms with Crippen LogP contribution in [0.4, 0.5) is 0 Å². The first-order chi connectivity index (χ1) is 10.1. The summed E-state index contributed by atoms with van der Waals surface area (Å²) in [5, 5.41) is 4.87. The summed E-state index contributed by atoms with van der Waals surface area (Å²) in [6.07, 6.45) is 0. The van der Waals surface area contributed by atoms with Crippen LogP contribution in [0.25, 0.3) is 11.3 Å². The summed E-state index contributed by atoms with van der Waals surface area (Å²) >= 11 is 3.10. The summed E-state index contributed by atoms with van der Waals surface area (Å²) in [6, 6.07) is 10.1. The molecule has 0 unspecified atom stereocenters. The number of carbonyl (C=O) groups is 1. The van der Waals surface area contributed by atoms with Gasteiger partial charge in [0.2, 0.25) is 5.91 Å². The molecule has 0 aliphatic rings. The second-order valence-electron chi connectivity index (χ2n) is 5.26. The third-order valence-corrected chi connectivity index (χ3v) is 4.96. The van der Waals surface area contributed by atoms with E-state index in [0.717, 1.165) is 22.1 Å². The number of hydrogen-bond acceptors (Lipinski definition) is 4. The van der Waals surface area contributed by atoms with Crippen LogP contribution in [0.1, 0.15) is 20.8 Å². The van der Waals surface area contributed by atoms with Gasteiger partial charge in [-0.1, -0.05) is 55.9 Å². The van der Waals surface area contributed by atoms with Crippen molar-refractivity contribution in [2.45, 2.75) is 30.4 Å². The van der Waals surface area contributed by atoms with Gasteiger partial charge in [0.15, 0.2) is 4.34 Å². The fraction of sp³-hybridized carbons (Fsp3) is 0.375. The minimum atomic E-state index is -0.126. The van der Waals surface area contributed by atoms with E-state index in [4.69, 9.17) is 0 Å². The van der Waals surface area contributed by atoms with Gasteiger partial charge in [-0.2, -0.15) is 0 Å². The number of thioether (sulfide) groups is 1. The fourth-order valence-corrected chi connectivity index (χ4v) is 3.70. The van der Waals surface area contributed by atoms with E-state index in [1.54, 1.807) is 11.3 Å². The molecule has 0 bridgehead atoms. The van der Waals surface area contributed by atoms with Crippen molar-refractivity contribution < 1.29 is 4.79 Å². The molecule has 1 aromatic heterocycles. The average molecular weight is 320 g/mol. The first-order valence-corrected chi connectivity index (χ1v) is 8.77. The van der Waals surface area contributed by atoms with Crippen LogP contribution in [0.3, 0.4) is 0 Å². The van der Waals surface area contributed by atoms with E-state index in [2.05, 4.69) is 24.1 Å². The molecular weight excluding hydrogens is 300 g/mol. The molecule has 0 saturated carbocycles. The number of amides is 1. The number of rotatable bonds is 6. The molecule has 2 rings (SSSR count). The highest BCUT2D eigenvalue weighted by Crippen LogP contribution is 2.30. The van der Waals surface area contributed by atoms with E-state index < -0.39 is 0 Å². The van der Waals surface area contributed by atoms with Crippen LogP contribution in [-0.4, -0.2) is 22.7 Å². The molecular formula is C16H20N2OS2. The summed E-state index contributed by atoms with van der Waals surface area (Å²) in [7, 11) is 0. The lowest BCUT2D eigenvalue weighted by atomic mass is 10.2. The van der Waals surface area contributed by atoms with Crippen molar-refractivity contribution in [2.75, 3.05) is 6.54 Å². The van der Waals surface area contributed by atoms with E-state index in [1.807, 2.05) is 42.6 Å². The quantitative estimate of drug-likeness (QED) is 0.816. The molecule has 0 aliphatic heterocycles. The highest BCUT2D eigenvalue weighted by atomic mass is 32.2. The van der Waals surface area contributed by atoms with Gasteiger partial charge < -0.3 is 5.32 Å². The number of thiazole rings is 1. The Morgan fingerprint density at radius 3 is 2.67 bits per heavy atom. The molecule has 0 fully saturated rings. The van der Waals surface area contributed by atoms with E-state index in [1.165, 1.54) is 11.8 Å². The highest BCUT2D eigenvalue weighted by Gasteiger charge is 2.16. The monoisotopic (exact) mass is 320 g/mol. The Kier molecular flexibility index (Phi) is 5.82. The molecule has 3 nitrogen and oxygen atoms in total. The third-order valence-electron chi connectivity index (χ3n) is 2.88. The molecule has 5 heteroatoms. The summed E-state index contributed by atoms with van der Waals surface area (Å²) in [4.78, 5) is 16.6. The lowest BCUT2D eigenvalue weighted by Crippen LogP contribution is -2.33. The van der Waals surface area contributed by atoms with Crippen molar-refractivity contribution in [1.29, 1.82) is 0 Å². The Labute approximate surface area is 134 Å². The summed E-state index contributed by atoms with van der Waals surface area (Å²) in [6.45, 7) is 6.82. The van der Waals surface area contributed by atoms with Crippen LogP contribution < -0.4 is 5.32 Å². The Balaban J connectivity index is 1.95. The van der Waals surface area contributed by atoms with Gasteiger partial charge in [-0.15, -0.1) is 11.3 Å². The Morgan fingerprint density at radius 2 is 2.00 bits per heavy atom. The molecule has 112 valence electrons. The molecule has 0 spiro atoms. The van der Waals surface area contributed by atoms with Crippen LogP contribution in [0.15, 0.2) is 40.1 Å². The van der Waals surface area contributed by atoms with Crippen LogP contribution in [-0.2, 0) is 4.79 Å². The zero-order valence-electron chi connectivity index (χ0n) is 12.5. The maximum atomic E-state index is 12.0. The maximum absolute atomic E-state index is 12.0. The van der Waals surface area contributed by atoms with Gasteiger partial charge in [0.05, 0.1) is 10.9 Å². The number of nitrogens with zero attached hydrogens (tertiary/aromatic N) is 1. The second kappa shape index (κ2) is 7.61. The Bertz CT molecular complexity index is 581. The molecule has 1 amide bonds. The number of hydrogen-bond donors (Lipinski definition) is 1. The second-order valence-corrected chi connectivity index (χ2v) is 7.71. The van der Waals surface area contributed by atoms with Crippen molar-refractivity contribution in [3.63, 3.8) is 0 Å². The molecule has 1 atom stereocenters. The number of nitrogens with one attached hydrogen (secondary N) is 1. The van der Waals surface area contributed by atoms with E-state index in [9.17, 15) is 4.79 Å². The van der Waals surface area contributed by atoms with Gasteiger partial charge in [0, 0.05) is 17.5 Å². The lowest BCUT2D eigenvalue weighted by molar-refractivity contribution is -0.120. The first kappa shape index (κ1) is 16.0. The molecule has 2 aromatic rings. The zero-order valence-corrected chi connectivity index (χ0v) is 14.1. The van der Waals surface area contributed by atoms with Crippen molar-refractivity contribution >= 4 is 29.0 Å². The van der Waals surface area contributed by atoms with E-state index >= 15 is 0 Å². The SMILES string of the molecule is CC(C)CNC(=O)[C@H](C)Sc1nc(-c2ccccc2)cs1. The minimum absolute atomic E-state index is 0.0742. The van der Waals surface area contributed by atoms with Crippen molar-refractivity contribution in [1.82, 2.24) is 10.3 Å². The summed E-state index contributed by atoms with van der Waals surface area (Å²) in [5.74, 6) is 0.542. The average Bonchev–Trinajstić information content (AvgIpc) is 2.94. The standard InChI is InChI=1S/C16H20N2OS2/c1-11(2)9-17-15(19)12(3)21-16-18-14(10-20-16)13-7-5-4-6-8-13/h4-8,10-12H,9H2,1-3H3,(H,17,19)/t12-/m0/s1. The number of aromatic nitrogens is 1. The van der Waals surface area contributed by atoms with Crippen LogP contribution in [0, 0.1) is 5.92 Å². The maximum Gasteiger partial charge on any atom is 0.233 e. The largest absolute Gasteiger partial charge is 0.355 e. The normalized spacial score (nSPS) is 12.4. The molecule has 1 aromatic carbocycles. The minimum Gasteiger partial charge on any atom is -0.355 e. The highest BCUT2D eigenvalue weighted by molar-refractivity contribution is 8.02. The lowest BCUT2D eigenvalue weighted by Gasteiger charge is -2.11. The first-order valence-electron chi connectivity index (χ1n) is 7.01. The van der Waals surface area contributed by atoms with Gasteiger partial charge in [-0.05, 0) is 12.8 Å². The topological polar surface area (TPSA) is 42.0 Å². The van der Waals surface area contributed by atoms with Crippen LogP contribution in [0.2, 0.25) is 0 Å².